The van der Waals surface area contributed by atoms with Gasteiger partial charge in [0.25, 0.3) is 0 Å². The SMILES string of the molecule is CCS(=O)(=O)N(Cc1ccccc1)[C@]1(C#N)[C@@H](COCc2ccccc2)O[C@@H]2OC(C)(C)O[C@@H]21. The molecular formula is C25H30N2O6S. The first kappa shape index (κ1) is 24.8. The van der Waals surface area contributed by atoms with E-state index in [0.29, 0.717) is 6.61 Å². The zero-order chi connectivity index (χ0) is 24.4. The summed E-state index contributed by atoms with van der Waals surface area (Å²) in [6, 6.07) is 21.1. The van der Waals surface area contributed by atoms with Crippen molar-refractivity contribution in [1.82, 2.24) is 4.31 Å². The predicted molar refractivity (Wildman–Crippen MR) is 125 cm³/mol. The van der Waals surface area contributed by atoms with Gasteiger partial charge in [0.05, 0.1) is 25.0 Å². The van der Waals surface area contributed by atoms with Crippen molar-refractivity contribution in [1.29, 1.82) is 5.26 Å². The summed E-state index contributed by atoms with van der Waals surface area (Å²) in [6.45, 7) is 5.27. The van der Waals surface area contributed by atoms with E-state index in [1.54, 1.807) is 20.8 Å². The highest BCUT2D eigenvalue weighted by atomic mass is 32.2. The first-order valence-electron chi connectivity index (χ1n) is 11.3. The topological polar surface area (TPSA) is 98.1 Å². The molecule has 0 radical (unpaired) electrons. The molecule has 4 atom stereocenters. The van der Waals surface area contributed by atoms with Gasteiger partial charge in [-0.15, -0.1) is 0 Å². The van der Waals surface area contributed by atoms with Crippen molar-refractivity contribution in [3.63, 3.8) is 0 Å². The van der Waals surface area contributed by atoms with Crippen LogP contribution in [0.25, 0.3) is 0 Å². The third kappa shape index (κ3) is 4.75. The van der Waals surface area contributed by atoms with Gasteiger partial charge in [-0.2, -0.15) is 9.57 Å². The molecule has 8 nitrogen and oxygen atoms in total. The molecule has 4 rings (SSSR count). The molecule has 2 aliphatic heterocycles. The fraction of sp³-hybridized carbons (Fsp3) is 0.480. The van der Waals surface area contributed by atoms with E-state index in [-0.39, 0.29) is 18.9 Å². The molecule has 2 aromatic carbocycles. The zero-order valence-corrected chi connectivity index (χ0v) is 20.4. The van der Waals surface area contributed by atoms with Crippen LogP contribution in [-0.4, -0.2) is 54.9 Å². The van der Waals surface area contributed by atoms with Gasteiger partial charge in [0.1, 0.15) is 12.2 Å². The Morgan fingerprint density at radius 2 is 1.65 bits per heavy atom. The van der Waals surface area contributed by atoms with Crippen molar-refractivity contribution >= 4 is 10.0 Å². The van der Waals surface area contributed by atoms with Crippen LogP contribution in [-0.2, 0) is 42.1 Å². The molecule has 0 amide bonds. The van der Waals surface area contributed by atoms with Crippen molar-refractivity contribution in [2.45, 2.75) is 63.7 Å². The lowest BCUT2D eigenvalue weighted by molar-refractivity contribution is -0.219. The Labute approximate surface area is 201 Å². The summed E-state index contributed by atoms with van der Waals surface area (Å²) in [6.07, 6.45) is -2.76. The molecule has 182 valence electrons. The van der Waals surface area contributed by atoms with Crippen molar-refractivity contribution in [2.24, 2.45) is 0 Å². The Balaban J connectivity index is 1.71. The predicted octanol–water partition coefficient (Wildman–Crippen LogP) is 3.19. The molecular weight excluding hydrogens is 456 g/mol. The molecule has 2 fully saturated rings. The highest BCUT2D eigenvalue weighted by Gasteiger charge is 2.68. The van der Waals surface area contributed by atoms with Gasteiger partial charge in [-0.05, 0) is 31.9 Å². The Morgan fingerprint density at radius 3 is 2.24 bits per heavy atom. The van der Waals surface area contributed by atoms with Crippen LogP contribution in [0.1, 0.15) is 31.9 Å². The number of hydrogen-bond acceptors (Lipinski definition) is 7. The molecule has 0 aromatic heterocycles. The minimum absolute atomic E-state index is 0.00384. The smallest absolute Gasteiger partial charge is 0.215 e. The number of sulfonamides is 1. The molecule has 2 aliphatic rings. The molecule has 0 spiro atoms. The normalized spacial score (nSPS) is 28.0. The Kier molecular flexibility index (Phi) is 7.10. The van der Waals surface area contributed by atoms with Gasteiger partial charge in [0, 0.05) is 6.54 Å². The molecule has 0 unspecified atom stereocenters. The van der Waals surface area contributed by atoms with E-state index < -0.39 is 39.8 Å². The second-order valence-corrected chi connectivity index (χ2v) is 11.1. The summed E-state index contributed by atoms with van der Waals surface area (Å²) >= 11 is 0. The summed E-state index contributed by atoms with van der Waals surface area (Å²) < 4.78 is 52.1. The minimum atomic E-state index is -3.86. The van der Waals surface area contributed by atoms with E-state index >= 15 is 0 Å². The second-order valence-electron chi connectivity index (χ2n) is 8.88. The number of benzene rings is 2. The molecule has 34 heavy (non-hydrogen) atoms. The first-order chi connectivity index (χ1) is 16.2. The van der Waals surface area contributed by atoms with E-state index in [0.717, 1.165) is 11.1 Å². The van der Waals surface area contributed by atoms with Crippen LogP contribution >= 0.6 is 0 Å². The summed E-state index contributed by atoms with van der Waals surface area (Å²) in [5.74, 6) is -1.20. The van der Waals surface area contributed by atoms with Gasteiger partial charge in [0.15, 0.2) is 17.6 Å². The summed E-state index contributed by atoms with van der Waals surface area (Å²) in [4.78, 5) is 0. The molecule has 0 N–H and O–H groups in total. The third-order valence-corrected chi connectivity index (χ3v) is 7.96. The fourth-order valence-electron chi connectivity index (χ4n) is 4.46. The quantitative estimate of drug-likeness (QED) is 0.537. The second kappa shape index (κ2) is 9.74. The maximum absolute atomic E-state index is 13.4. The van der Waals surface area contributed by atoms with Crippen LogP contribution in [0.3, 0.4) is 0 Å². The highest BCUT2D eigenvalue weighted by molar-refractivity contribution is 7.89. The summed E-state index contributed by atoms with van der Waals surface area (Å²) in [7, 11) is -3.86. The van der Waals surface area contributed by atoms with Crippen LogP contribution in [0.15, 0.2) is 60.7 Å². The number of nitrogens with zero attached hydrogens (tertiary/aromatic N) is 2. The molecule has 0 saturated carbocycles. The number of hydrogen-bond donors (Lipinski definition) is 0. The van der Waals surface area contributed by atoms with Gasteiger partial charge in [0.2, 0.25) is 10.0 Å². The van der Waals surface area contributed by atoms with E-state index in [1.807, 2.05) is 60.7 Å². The lowest BCUT2D eigenvalue weighted by Gasteiger charge is -2.40. The van der Waals surface area contributed by atoms with E-state index in [1.165, 1.54) is 4.31 Å². The lowest BCUT2D eigenvalue weighted by atomic mass is 9.89. The maximum atomic E-state index is 13.4. The standard InChI is InChI=1S/C25H30N2O6S/c1-4-34(28,29)27(15-19-11-7-5-8-12-19)25(18-26)21(17-30-16-20-13-9-6-10-14-20)31-23-22(25)32-24(2,3)33-23/h5-14,21-23H,4,15-17H2,1-3H3/t21-,22+,23-,25-/m1/s1. The number of fused-ring (bicyclic) bond motifs is 1. The average Bonchev–Trinajstić information content (AvgIpc) is 3.28. The van der Waals surface area contributed by atoms with E-state index in [4.69, 9.17) is 18.9 Å². The molecule has 2 saturated heterocycles. The van der Waals surface area contributed by atoms with Crippen molar-refractivity contribution in [3.8, 4) is 6.07 Å². The van der Waals surface area contributed by atoms with Crippen molar-refractivity contribution in [3.05, 3.63) is 71.8 Å². The van der Waals surface area contributed by atoms with Gasteiger partial charge < -0.3 is 18.9 Å². The average molecular weight is 487 g/mol. The fourth-order valence-corrected chi connectivity index (χ4v) is 5.84. The Morgan fingerprint density at radius 1 is 1.03 bits per heavy atom. The van der Waals surface area contributed by atoms with Gasteiger partial charge >= 0.3 is 0 Å². The number of ether oxygens (including phenoxy) is 4. The van der Waals surface area contributed by atoms with Crippen LogP contribution in [0.4, 0.5) is 0 Å². The van der Waals surface area contributed by atoms with Crippen molar-refractivity contribution in [2.75, 3.05) is 12.4 Å². The van der Waals surface area contributed by atoms with E-state index in [9.17, 15) is 13.7 Å². The molecule has 9 heteroatoms. The maximum Gasteiger partial charge on any atom is 0.215 e. The monoisotopic (exact) mass is 486 g/mol. The van der Waals surface area contributed by atoms with Gasteiger partial charge in [-0.3, -0.25) is 0 Å². The lowest BCUT2D eigenvalue weighted by Crippen LogP contribution is -2.63. The molecule has 0 bridgehead atoms. The zero-order valence-electron chi connectivity index (χ0n) is 19.6. The largest absolute Gasteiger partial charge is 0.374 e. The van der Waals surface area contributed by atoms with Crippen LogP contribution < -0.4 is 0 Å². The van der Waals surface area contributed by atoms with Gasteiger partial charge in [-0.25, -0.2) is 8.42 Å². The van der Waals surface area contributed by atoms with Crippen molar-refractivity contribution < 1.29 is 27.4 Å². The molecule has 2 heterocycles. The van der Waals surface area contributed by atoms with E-state index in [2.05, 4.69) is 6.07 Å². The number of nitriles is 1. The highest BCUT2D eigenvalue weighted by Crippen LogP contribution is 2.47. The molecule has 2 aromatic rings. The minimum Gasteiger partial charge on any atom is -0.374 e. The number of rotatable bonds is 9. The summed E-state index contributed by atoms with van der Waals surface area (Å²) in [5.41, 5.74) is 0.0266. The molecule has 0 aliphatic carbocycles. The first-order valence-corrected chi connectivity index (χ1v) is 12.9. The van der Waals surface area contributed by atoms with Crippen LogP contribution in [0.2, 0.25) is 0 Å². The summed E-state index contributed by atoms with van der Waals surface area (Å²) in [5, 5.41) is 10.6. The Bertz CT molecular complexity index is 1120. The van der Waals surface area contributed by atoms with Gasteiger partial charge in [-0.1, -0.05) is 60.7 Å². The Hall–Kier alpha value is -2.32. The van der Waals surface area contributed by atoms with Crippen LogP contribution in [0.5, 0.6) is 0 Å². The van der Waals surface area contributed by atoms with Crippen LogP contribution in [0, 0.1) is 11.3 Å². The third-order valence-electron chi connectivity index (χ3n) is 6.12.